The summed E-state index contributed by atoms with van der Waals surface area (Å²) in [6.07, 6.45) is -8.40. The second-order valence-electron chi connectivity index (χ2n) is 11.9. The van der Waals surface area contributed by atoms with Crippen molar-refractivity contribution in [3.05, 3.63) is 112 Å². The molecule has 13 heteroatoms. The van der Waals surface area contributed by atoms with E-state index in [0.717, 1.165) is 11.6 Å². The fourth-order valence-electron chi connectivity index (χ4n) is 6.39. The third-order valence-corrected chi connectivity index (χ3v) is 9.66. The number of rotatable bonds is 6. The molecule has 0 spiro atoms. The summed E-state index contributed by atoms with van der Waals surface area (Å²) in [5, 5.41) is 5.28. The van der Waals surface area contributed by atoms with E-state index in [1.807, 2.05) is 19.1 Å². The Bertz CT molecular complexity index is 2020. The van der Waals surface area contributed by atoms with Gasteiger partial charge in [0.2, 0.25) is 0 Å². The van der Waals surface area contributed by atoms with Crippen molar-refractivity contribution in [3.63, 3.8) is 0 Å². The largest absolute Gasteiger partial charge is 0.416 e. The smallest absolute Gasteiger partial charge is 0.284 e. The van der Waals surface area contributed by atoms with E-state index in [9.17, 15) is 31.1 Å². The maximum absolute atomic E-state index is 15.5. The van der Waals surface area contributed by atoms with E-state index < -0.39 is 34.8 Å². The van der Waals surface area contributed by atoms with E-state index in [1.165, 1.54) is 16.8 Å². The molecule has 0 radical (unpaired) electrons. The molecule has 0 saturated carbocycles. The molecule has 5 aromatic rings. The van der Waals surface area contributed by atoms with Crippen LogP contribution in [0.3, 0.4) is 0 Å². The van der Waals surface area contributed by atoms with Crippen LogP contribution in [0.4, 0.5) is 30.7 Å². The lowest BCUT2D eigenvalue weighted by Crippen LogP contribution is -2.36. The van der Waals surface area contributed by atoms with Crippen LogP contribution in [0.1, 0.15) is 64.6 Å². The molecule has 5 nitrogen and oxygen atoms in total. The van der Waals surface area contributed by atoms with E-state index in [-0.39, 0.29) is 36.1 Å². The van der Waals surface area contributed by atoms with Gasteiger partial charge < -0.3 is 0 Å². The summed E-state index contributed by atoms with van der Waals surface area (Å²) >= 11 is 2.16. The quantitative estimate of drug-likeness (QED) is 0.0983. The van der Waals surface area contributed by atoms with Gasteiger partial charge >= 0.3 is 12.4 Å². The van der Waals surface area contributed by atoms with Crippen LogP contribution >= 0.6 is 22.6 Å². The SMILES string of the molecule is CCn1nc2c(c1-c1ccc(F)c3c1ccn3C(=O)c1ccccc1CI)CN(Cc1ccc(C(F)(F)F)cc1C(F)(F)F)C2(C)C. The monoisotopic (exact) mass is 768 g/mol. The number of carbonyl (C=O) groups is 1. The number of benzene rings is 3. The minimum atomic E-state index is -5.00. The summed E-state index contributed by atoms with van der Waals surface area (Å²) in [7, 11) is 0. The fraction of sp³-hybridized carbons (Fsp3) is 0.294. The second-order valence-corrected chi connectivity index (χ2v) is 12.7. The molecule has 0 saturated heterocycles. The third kappa shape index (κ3) is 5.64. The van der Waals surface area contributed by atoms with Gasteiger partial charge in [-0.1, -0.05) is 46.9 Å². The fourth-order valence-corrected chi connectivity index (χ4v) is 7.06. The van der Waals surface area contributed by atoms with Crippen molar-refractivity contribution in [1.82, 2.24) is 19.2 Å². The van der Waals surface area contributed by atoms with Crippen LogP contribution in [0, 0.1) is 5.82 Å². The molecule has 47 heavy (non-hydrogen) atoms. The van der Waals surface area contributed by atoms with Crippen LogP contribution in [0.2, 0.25) is 0 Å². The average molecular weight is 769 g/mol. The van der Waals surface area contributed by atoms with Crippen LogP contribution in [-0.4, -0.2) is 25.2 Å². The second kappa shape index (κ2) is 11.8. The lowest BCUT2D eigenvalue weighted by atomic mass is 9.96. The Labute approximate surface area is 279 Å². The first kappa shape index (κ1) is 33.2. The highest BCUT2D eigenvalue weighted by atomic mass is 127. The Balaban J connectivity index is 1.44. The average Bonchev–Trinajstić information content (AvgIpc) is 3.69. The predicted octanol–water partition coefficient (Wildman–Crippen LogP) is 9.58. The Kier molecular flexibility index (Phi) is 8.30. The van der Waals surface area contributed by atoms with Crippen LogP contribution in [0.5, 0.6) is 0 Å². The maximum Gasteiger partial charge on any atom is 0.416 e. The molecule has 0 amide bonds. The van der Waals surface area contributed by atoms with Crippen LogP contribution in [-0.2, 0) is 42.0 Å². The standard InChI is InChI=1S/C34H28F7IN4O/c1-4-46-28(23-11-12-27(35)29-24(23)13-14-45(29)31(47)22-8-6-5-7-19(22)16-42)25-18-44(32(2,3)30(25)43-46)17-20-9-10-21(33(36,37)38)15-26(20)34(39,40)41/h5-15H,4,16-18H2,1-3H3. The molecular weight excluding hydrogens is 740 g/mol. The summed E-state index contributed by atoms with van der Waals surface area (Å²) in [5.41, 5.74) is -0.0475. The Hall–Kier alpha value is -3.72. The van der Waals surface area contributed by atoms with Crippen LogP contribution in [0.15, 0.2) is 66.9 Å². The van der Waals surface area contributed by atoms with Gasteiger partial charge in [0.1, 0.15) is 5.82 Å². The highest BCUT2D eigenvalue weighted by Gasteiger charge is 2.45. The summed E-state index contributed by atoms with van der Waals surface area (Å²) < 4.78 is 101. The van der Waals surface area contributed by atoms with Gasteiger partial charge in [-0.3, -0.25) is 18.9 Å². The Morgan fingerprint density at radius 2 is 1.68 bits per heavy atom. The molecule has 1 aliphatic heterocycles. The number of alkyl halides is 7. The highest BCUT2D eigenvalue weighted by molar-refractivity contribution is 14.1. The summed E-state index contributed by atoms with van der Waals surface area (Å²) in [6, 6.07) is 13.3. The van der Waals surface area contributed by atoms with Crippen molar-refractivity contribution in [3.8, 4) is 11.3 Å². The van der Waals surface area contributed by atoms with Crippen molar-refractivity contribution in [2.45, 2.75) is 62.7 Å². The third-order valence-electron chi connectivity index (χ3n) is 8.84. The highest BCUT2D eigenvalue weighted by Crippen LogP contribution is 2.46. The first-order valence-electron chi connectivity index (χ1n) is 14.7. The Morgan fingerprint density at radius 3 is 2.34 bits per heavy atom. The molecule has 1 aliphatic rings. The minimum Gasteiger partial charge on any atom is -0.284 e. The molecule has 3 heterocycles. The molecule has 0 atom stereocenters. The van der Waals surface area contributed by atoms with Gasteiger partial charge in [0.25, 0.3) is 5.91 Å². The maximum atomic E-state index is 15.5. The molecule has 0 unspecified atom stereocenters. The first-order valence-corrected chi connectivity index (χ1v) is 16.2. The normalized spacial score (nSPS) is 15.0. The number of hydrogen-bond donors (Lipinski definition) is 0. The number of halogens is 8. The van der Waals surface area contributed by atoms with Crippen molar-refractivity contribution < 1.29 is 35.5 Å². The molecular formula is C34H28F7IN4O. The molecule has 2 aromatic heterocycles. The molecule has 6 rings (SSSR count). The van der Waals surface area contributed by atoms with Gasteiger partial charge in [0, 0.05) is 52.3 Å². The summed E-state index contributed by atoms with van der Waals surface area (Å²) in [6.45, 7) is 5.75. The summed E-state index contributed by atoms with van der Waals surface area (Å²) in [4.78, 5) is 15.4. The van der Waals surface area contributed by atoms with Gasteiger partial charge in [-0.2, -0.15) is 31.4 Å². The molecule has 246 valence electrons. The van der Waals surface area contributed by atoms with Crippen molar-refractivity contribution in [2.24, 2.45) is 0 Å². The van der Waals surface area contributed by atoms with Gasteiger partial charge in [-0.15, -0.1) is 0 Å². The minimum absolute atomic E-state index is 0.0852. The molecule has 0 aliphatic carbocycles. The number of carbonyl (C=O) groups excluding carboxylic acids is 1. The van der Waals surface area contributed by atoms with Crippen LogP contribution in [0.25, 0.3) is 22.2 Å². The van der Waals surface area contributed by atoms with Gasteiger partial charge in [-0.05, 0) is 68.3 Å². The zero-order valence-electron chi connectivity index (χ0n) is 25.4. The van der Waals surface area contributed by atoms with Gasteiger partial charge in [0.05, 0.1) is 33.6 Å². The number of hydrogen-bond acceptors (Lipinski definition) is 3. The lowest BCUT2D eigenvalue weighted by molar-refractivity contribution is -0.143. The van der Waals surface area contributed by atoms with Crippen molar-refractivity contribution in [1.29, 1.82) is 0 Å². The zero-order valence-corrected chi connectivity index (χ0v) is 27.6. The van der Waals surface area contributed by atoms with E-state index in [4.69, 9.17) is 5.10 Å². The summed E-state index contributed by atoms with van der Waals surface area (Å²) in [5.74, 6) is -0.987. The van der Waals surface area contributed by atoms with Gasteiger partial charge in [-0.25, -0.2) is 4.39 Å². The molecule has 3 aromatic carbocycles. The number of aromatic nitrogens is 3. The van der Waals surface area contributed by atoms with E-state index in [1.54, 1.807) is 47.7 Å². The van der Waals surface area contributed by atoms with Gasteiger partial charge in [0.15, 0.2) is 0 Å². The predicted molar refractivity (Wildman–Crippen MR) is 171 cm³/mol. The first-order chi connectivity index (χ1) is 22.1. The zero-order chi connectivity index (χ0) is 34.1. The molecule has 0 fully saturated rings. The molecule has 0 N–H and O–H groups in total. The number of nitrogens with zero attached hydrogens (tertiary/aromatic N) is 4. The number of aryl methyl sites for hydroxylation is 1. The van der Waals surface area contributed by atoms with E-state index in [2.05, 4.69) is 22.6 Å². The Morgan fingerprint density at radius 1 is 0.957 bits per heavy atom. The van der Waals surface area contributed by atoms with E-state index >= 15 is 4.39 Å². The molecule has 0 bridgehead atoms. The van der Waals surface area contributed by atoms with Crippen LogP contribution < -0.4 is 0 Å². The van der Waals surface area contributed by atoms with Crippen molar-refractivity contribution >= 4 is 39.4 Å². The van der Waals surface area contributed by atoms with Crippen molar-refractivity contribution in [2.75, 3.05) is 0 Å². The topological polar surface area (TPSA) is 43.1 Å². The number of fused-ring (bicyclic) bond motifs is 2. The van der Waals surface area contributed by atoms with E-state index in [0.29, 0.717) is 50.5 Å². The lowest BCUT2D eigenvalue weighted by Gasteiger charge is -2.32.